The van der Waals surface area contributed by atoms with Crippen LogP contribution in [0, 0.1) is 20.8 Å². The van der Waals surface area contributed by atoms with Crippen LogP contribution in [0.25, 0.3) is 0 Å². The molecule has 2 amide bonds. The highest BCUT2D eigenvalue weighted by atomic mass is 16.5. The molecule has 1 aromatic carbocycles. The molecule has 2 N–H and O–H groups in total. The second kappa shape index (κ2) is 9.99. The summed E-state index contributed by atoms with van der Waals surface area (Å²) >= 11 is 0. The van der Waals surface area contributed by atoms with E-state index in [4.69, 9.17) is 4.74 Å². The number of esters is 1. The second-order valence-corrected chi connectivity index (χ2v) is 8.21. The van der Waals surface area contributed by atoms with Gasteiger partial charge in [-0.2, -0.15) is 0 Å². The van der Waals surface area contributed by atoms with Crippen LogP contribution in [0.5, 0.6) is 0 Å². The smallest absolute Gasteiger partial charge is 0.339 e. The first-order valence-electron chi connectivity index (χ1n) is 10.9. The van der Waals surface area contributed by atoms with Crippen LogP contribution >= 0.6 is 0 Å². The summed E-state index contributed by atoms with van der Waals surface area (Å²) in [5.74, 6) is -0.626. The number of aryl methyl sites for hydroxylation is 3. The topological polar surface area (TPSA) is 94.7 Å². The maximum absolute atomic E-state index is 13.1. The Morgan fingerprint density at radius 2 is 1.69 bits per heavy atom. The van der Waals surface area contributed by atoms with Crippen molar-refractivity contribution in [3.8, 4) is 0 Å². The SMILES string of the molecule is CCc1[nH]c(C(=O)N2CCN(CC(=O)Nc3c(C)cccc3C)CC2)c(C)c1C(=O)OC. The summed E-state index contributed by atoms with van der Waals surface area (Å²) in [6.07, 6.45) is 0.599. The fourth-order valence-corrected chi connectivity index (χ4v) is 4.18. The molecule has 0 spiro atoms. The summed E-state index contributed by atoms with van der Waals surface area (Å²) in [5, 5.41) is 3.01. The fourth-order valence-electron chi connectivity index (χ4n) is 4.18. The fraction of sp³-hybridized carbons (Fsp3) is 0.458. The Morgan fingerprint density at radius 3 is 2.25 bits per heavy atom. The number of benzene rings is 1. The van der Waals surface area contributed by atoms with E-state index in [1.807, 2.05) is 43.9 Å². The Bertz CT molecular complexity index is 999. The highest BCUT2D eigenvalue weighted by Gasteiger charge is 2.29. The van der Waals surface area contributed by atoms with Gasteiger partial charge in [-0.3, -0.25) is 14.5 Å². The molecule has 8 nitrogen and oxygen atoms in total. The van der Waals surface area contributed by atoms with Crippen LogP contribution in [0.1, 0.15) is 50.2 Å². The number of carbonyl (C=O) groups excluding carboxylic acids is 3. The van der Waals surface area contributed by atoms with Crippen molar-refractivity contribution in [2.24, 2.45) is 0 Å². The summed E-state index contributed by atoms with van der Waals surface area (Å²) in [6.45, 7) is 10.2. The van der Waals surface area contributed by atoms with Crippen molar-refractivity contribution in [2.75, 3.05) is 45.2 Å². The number of rotatable bonds is 6. The lowest BCUT2D eigenvalue weighted by Gasteiger charge is -2.34. The van der Waals surface area contributed by atoms with Crippen molar-refractivity contribution < 1.29 is 19.1 Å². The van der Waals surface area contributed by atoms with Gasteiger partial charge in [0.2, 0.25) is 5.91 Å². The van der Waals surface area contributed by atoms with E-state index in [0.717, 1.165) is 16.8 Å². The number of H-pyrrole nitrogens is 1. The number of nitrogens with one attached hydrogen (secondary N) is 2. The van der Waals surface area contributed by atoms with Gasteiger partial charge in [-0.1, -0.05) is 25.1 Å². The Morgan fingerprint density at radius 1 is 1.06 bits per heavy atom. The minimum absolute atomic E-state index is 0.0577. The maximum Gasteiger partial charge on any atom is 0.339 e. The number of hydrogen-bond acceptors (Lipinski definition) is 5. The van der Waals surface area contributed by atoms with E-state index in [2.05, 4.69) is 10.3 Å². The third kappa shape index (κ3) is 4.85. The van der Waals surface area contributed by atoms with Gasteiger partial charge in [0.15, 0.2) is 0 Å². The summed E-state index contributed by atoms with van der Waals surface area (Å²) in [7, 11) is 1.34. The number of methoxy groups -OCH3 is 1. The van der Waals surface area contributed by atoms with Crippen LogP contribution in [-0.4, -0.2) is 72.4 Å². The number of amides is 2. The summed E-state index contributed by atoms with van der Waals surface area (Å²) in [5.41, 5.74) is 5.14. The molecule has 1 saturated heterocycles. The van der Waals surface area contributed by atoms with Gasteiger partial charge in [0.1, 0.15) is 5.69 Å². The van der Waals surface area contributed by atoms with E-state index >= 15 is 0 Å². The molecule has 1 aliphatic heterocycles. The van der Waals surface area contributed by atoms with E-state index in [9.17, 15) is 14.4 Å². The van der Waals surface area contributed by atoms with Crippen molar-refractivity contribution in [3.05, 3.63) is 51.8 Å². The van der Waals surface area contributed by atoms with Gasteiger partial charge in [-0.05, 0) is 43.9 Å². The average Bonchev–Trinajstić information content (AvgIpc) is 3.12. The molecule has 3 rings (SSSR count). The molecule has 1 aromatic heterocycles. The molecule has 0 aliphatic carbocycles. The summed E-state index contributed by atoms with van der Waals surface area (Å²) in [6, 6.07) is 5.93. The van der Waals surface area contributed by atoms with Gasteiger partial charge >= 0.3 is 5.97 Å². The van der Waals surface area contributed by atoms with E-state index in [1.54, 1.807) is 11.8 Å². The number of para-hydroxylation sites is 1. The Balaban J connectivity index is 1.60. The molecule has 1 aliphatic rings. The second-order valence-electron chi connectivity index (χ2n) is 8.21. The number of ether oxygens (including phenoxy) is 1. The summed E-state index contributed by atoms with van der Waals surface area (Å²) in [4.78, 5) is 44.7. The van der Waals surface area contributed by atoms with Gasteiger partial charge in [-0.25, -0.2) is 4.79 Å². The van der Waals surface area contributed by atoms with Crippen molar-refractivity contribution in [3.63, 3.8) is 0 Å². The number of carbonyl (C=O) groups is 3. The number of hydrogen-bond donors (Lipinski definition) is 2. The molecule has 172 valence electrons. The standard InChI is InChI=1S/C24H32N4O4/c1-6-18-20(24(31)32-5)17(4)22(25-18)23(30)28-12-10-27(11-13-28)14-19(29)26-21-15(2)8-7-9-16(21)3/h7-9,25H,6,10-14H2,1-5H3,(H,26,29). The molecule has 32 heavy (non-hydrogen) atoms. The zero-order valence-corrected chi connectivity index (χ0v) is 19.5. The Kier molecular flexibility index (Phi) is 7.35. The van der Waals surface area contributed by atoms with E-state index in [-0.39, 0.29) is 18.4 Å². The molecular weight excluding hydrogens is 408 g/mol. The third-order valence-electron chi connectivity index (χ3n) is 6.06. The Hall–Kier alpha value is -3.13. The van der Waals surface area contributed by atoms with Crippen LogP contribution in [0.2, 0.25) is 0 Å². The zero-order chi connectivity index (χ0) is 23.4. The lowest BCUT2D eigenvalue weighted by atomic mass is 10.1. The van der Waals surface area contributed by atoms with Gasteiger partial charge < -0.3 is 19.9 Å². The minimum Gasteiger partial charge on any atom is -0.465 e. The van der Waals surface area contributed by atoms with Crippen molar-refractivity contribution in [1.82, 2.24) is 14.8 Å². The van der Waals surface area contributed by atoms with Crippen molar-refractivity contribution >= 4 is 23.5 Å². The largest absolute Gasteiger partial charge is 0.465 e. The number of anilines is 1. The first-order valence-corrected chi connectivity index (χ1v) is 10.9. The van der Waals surface area contributed by atoms with Crippen LogP contribution in [0.15, 0.2) is 18.2 Å². The van der Waals surface area contributed by atoms with Crippen LogP contribution in [0.4, 0.5) is 5.69 Å². The normalized spacial score (nSPS) is 14.3. The van der Waals surface area contributed by atoms with E-state index in [0.29, 0.717) is 55.1 Å². The van der Waals surface area contributed by atoms with E-state index < -0.39 is 5.97 Å². The highest BCUT2D eigenvalue weighted by Crippen LogP contribution is 2.22. The number of aromatic amines is 1. The van der Waals surface area contributed by atoms with Crippen LogP contribution in [-0.2, 0) is 16.0 Å². The molecule has 2 heterocycles. The predicted octanol–water partition coefficient (Wildman–Crippen LogP) is 2.69. The lowest BCUT2D eigenvalue weighted by molar-refractivity contribution is -0.117. The maximum atomic E-state index is 13.1. The predicted molar refractivity (Wildman–Crippen MR) is 123 cm³/mol. The van der Waals surface area contributed by atoms with Crippen LogP contribution < -0.4 is 5.32 Å². The van der Waals surface area contributed by atoms with Gasteiger partial charge in [0.25, 0.3) is 5.91 Å². The molecule has 0 radical (unpaired) electrons. The average molecular weight is 441 g/mol. The quantitative estimate of drug-likeness (QED) is 0.674. The molecule has 0 unspecified atom stereocenters. The molecule has 1 fully saturated rings. The number of nitrogens with zero attached hydrogens (tertiary/aromatic N) is 2. The molecule has 0 bridgehead atoms. The van der Waals surface area contributed by atoms with Crippen molar-refractivity contribution in [2.45, 2.75) is 34.1 Å². The number of piperazine rings is 1. The Labute approximate surface area is 188 Å². The van der Waals surface area contributed by atoms with E-state index in [1.165, 1.54) is 7.11 Å². The molecule has 2 aromatic rings. The summed E-state index contributed by atoms with van der Waals surface area (Å²) < 4.78 is 4.88. The first-order chi connectivity index (χ1) is 15.3. The highest BCUT2D eigenvalue weighted by molar-refractivity contribution is 6.00. The van der Waals surface area contributed by atoms with Crippen LogP contribution in [0.3, 0.4) is 0 Å². The van der Waals surface area contributed by atoms with Gasteiger partial charge in [0.05, 0.1) is 19.2 Å². The molecular formula is C24H32N4O4. The third-order valence-corrected chi connectivity index (χ3v) is 6.06. The zero-order valence-electron chi connectivity index (χ0n) is 19.5. The monoisotopic (exact) mass is 440 g/mol. The first kappa shape index (κ1) is 23.5. The van der Waals surface area contributed by atoms with Gasteiger partial charge in [-0.15, -0.1) is 0 Å². The van der Waals surface area contributed by atoms with Gasteiger partial charge in [0, 0.05) is 37.6 Å². The minimum atomic E-state index is -0.436. The van der Waals surface area contributed by atoms with Crippen molar-refractivity contribution in [1.29, 1.82) is 0 Å². The lowest BCUT2D eigenvalue weighted by Crippen LogP contribution is -2.50. The number of aromatic nitrogens is 1. The molecule has 0 atom stereocenters. The molecule has 0 saturated carbocycles. The molecule has 8 heteroatoms.